The van der Waals surface area contributed by atoms with E-state index < -0.39 is 6.10 Å². The lowest BCUT2D eigenvalue weighted by atomic mass is 10.1. The van der Waals surface area contributed by atoms with E-state index in [0.717, 1.165) is 16.3 Å². The Bertz CT molecular complexity index is 486. The zero-order valence-electron chi connectivity index (χ0n) is 8.72. The van der Waals surface area contributed by atoms with Crippen molar-refractivity contribution in [1.29, 1.82) is 0 Å². The molecule has 1 unspecified atom stereocenters. The Labute approximate surface area is 103 Å². The van der Waals surface area contributed by atoms with Gasteiger partial charge in [-0.15, -0.1) is 11.3 Å². The van der Waals surface area contributed by atoms with Crippen LogP contribution < -0.4 is 0 Å². The molecule has 0 bridgehead atoms. The first-order valence-corrected chi connectivity index (χ1v) is 6.11. The number of halogens is 1. The molecule has 2 aromatic heterocycles. The van der Waals surface area contributed by atoms with Gasteiger partial charge in [0.2, 0.25) is 0 Å². The normalized spacial score (nSPS) is 12.7. The van der Waals surface area contributed by atoms with E-state index in [1.165, 1.54) is 0 Å². The number of nitrogens with zero attached hydrogens (tertiary/aromatic N) is 2. The third kappa shape index (κ3) is 2.78. The zero-order chi connectivity index (χ0) is 11.5. The van der Waals surface area contributed by atoms with E-state index in [9.17, 15) is 5.11 Å². The molecule has 84 valence electrons. The summed E-state index contributed by atoms with van der Waals surface area (Å²) >= 11 is 7.34. The van der Waals surface area contributed by atoms with Gasteiger partial charge in [-0.05, 0) is 24.6 Å². The van der Waals surface area contributed by atoms with Crippen molar-refractivity contribution < 1.29 is 5.11 Å². The summed E-state index contributed by atoms with van der Waals surface area (Å²) in [5.41, 5.74) is 1.67. The highest BCUT2D eigenvalue weighted by atomic mass is 35.5. The molecular formula is C11H11ClN2OS. The van der Waals surface area contributed by atoms with Crippen molar-refractivity contribution in [3.8, 4) is 0 Å². The van der Waals surface area contributed by atoms with E-state index in [4.69, 9.17) is 11.6 Å². The molecule has 0 spiro atoms. The number of hydrogen-bond donors (Lipinski definition) is 1. The third-order valence-corrected chi connectivity index (χ3v) is 3.23. The summed E-state index contributed by atoms with van der Waals surface area (Å²) in [6.45, 7) is 1.95. The number of aliphatic hydroxyl groups excluding tert-OH is 1. The van der Waals surface area contributed by atoms with Crippen LogP contribution in [0.5, 0.6) is 0 Å². The highest BCUT2D eigenvalue weighted by Crippen LogP contribution is 2.20. The fraction of sp³-hybridized carbons (Fsp3) is 0.273. The Morgan fingerprint density at radius 1 is 1.56 bits per heavy atom. The second-order valence-electron chi connectivity index (χ2n) is 3.49. The molecule has 16 heavy (non-hydrogen) atoms. The van der Waals surface area contributed by atoms with Crippen LogP contribution in [0.25, 0.3) is 0 Å². The molecule has 0 aliphatic rings. The van der Waals surface area contributed by atoms with E-state index in [2.05, 4.69) is 9.97 Å². The van der Waals surface area contributed by atoms with E-state index in [-0.39, 0.29) is 0 Å². The maximum absolute atomic E-state index is 9.99. The van der Waals surface area contributed by atoms with E-state index in [1.54, 1.807) is 29.7 Å². The summed E-state index contributed by atoms with van der Waals surface area (Å²) in [6, 6.07) is 3.43. The number of aliphatic hydroxyl groups is 1. The largest absolute Gasteiger partial charge is 0.388 e. The van der Waals surface area contributed by atoms with Gasteiger partial charge >= 0.3 is 0 Å². The minimum absolute atomic E-state index is 0.394. The van der Waals surface area contributed by atoms with Gasteiger partial charge in [0.25, 0.3) is 0 Å². The average molecular weight is 255 g/mol. The Morgan fingerprint density at radius 3 is 3.00 bits per heavy atom. The number of rotatable bonds is 3. The molecule has 0 aromatic carbocycles. The highest BCUT2D eigenvalue weighted by Gasteiger charge is 2.11. The Hall–Kier alpha value is -0.970. The lowest BCUT2D eigenvalue weighted by molar-refractivity contribution is 0.177. The first-order chi connectivity index (χ1) is 7.65. The molecule has 0 radical (unpaired) electrons. The summed E-state index contributed by atoms with van der Waals surface area (Å²) in [7, 11) is 0. The van der Waals surface area contributed by atoms with Crippen LogP contribution in [0.3, 0.4) is 0 Å². The van der Waals surface area contributed by atoms with Gasteiger partial charge in [0, 0.05) is 18.0 Å². The molecular weight excluding hydrogens is 244 g/mol. The number of hydrogen-bond acceptors (Lipinski definition) is 4. The van der Waals surface area contributed by atoms with Crippen LogP contribution >= 0.6 is 22.9 Å². The smallest absolute Gasteiger partial charge is 0.129 e. The van der Waals surface area contributed by atoms with Gasteiger partial charge in [0.1, 0.15) is 5.15 Å². The van der Waals surface area contributed by atoms with Gasteiger partial charge in [0.05, 0.1) is 16.8 Å². The van der Waals surface area contributed by atoms with Crippen molar-refractivity contribution in [3.05, 3.63) is 45.1 Å². The number of thiazole rings is 1. The van der Waals surface area contributed by atoms with Crippen molar-refractivity contribution in [3.63, 3.8) is 0 Å². The van der Waals surface area contributed by atoms with Crippen molar-refractivity contribution in [1.82, 2.24) is 9.97 Å². The minimum atomic E-state index is -0.581. The molecule has 0 fully saturated rings. The Balaban J connectivity index is 2.11. The van der Waals surface area contributed by atoms with Crippen molar-refractivity contribution in [2.24, 2.45) is 0 Å². The zero-order valence-corrected chi connectivity index (χ0v) is 10.3. The molecule has 0 aliphatic heterocycles. The van der Waals surface area contributed by atoms with E-state index in [1.807, 2.05) is 12.3 Å². The second-order valence-corrected chi connectivity index (χ2v) is 4.94. The number of aryl methyl sites for hydroxylation is 1. The maximum atomic E-state index is 9.99. The van der Waals surface area contributed by atoms with E-state index in [0.29, 0.717) is 11.6 Å². The maximum Gasteiger partial charge on any atom is 0.129 e. The van der Waals surface area contributed by atoms with Gasteiger partial charge in [-0.25, -0.2) is 9.97 Å². The number of pyridine rings is 1. The summed E-state index contributed by atoms with van der Waals surface area (Å²) in [5.74, 6) is 0. The van der Waals surface area contributed by atoms with Gasteiger partial charge in [-0.2, -0.15) is 0 Å². The summed E-state index contributed by atoms with van der Waals surface area (Å²) < 4.78 is 0. The van der Waals surface area contributed by atoms with Gasteiger partial charge in [0.15, 0.2) is 0 Å². The topological polar surface area (TPSA) is 46.0 Å². The van der Waals surface area contributed by atoms with Crippen LogP contribution in [-0.2, 0) is 6.42 Å². The summed E-state index contributed by atoms with van der Waals surface area (Å²) in [4.78, 5) is 8.18. The molecule has 2 aromatic rings. The molecule has 2 rings (SSSR count). The quantitative estimate of drug-likeness (QED) is 0.857. The number of aromatic nitrogens is 2. The van der Waals surface area contributed by atoms with Crippen LogP contribution in [-0.4, -0.2) is 15.1 Å². The van der Waals surface area contributed by atoms with Crippen LogP contribution in [0.1, 0.15) is 22.4 Å². The summed E-state index contributed by atoms with van der Waals surface area (Å²) in [5, 5.41) is 13.3. The summed E-state index contributed by atoms with van der Waals surface area (Å²) in [6.07, 6.45) is 1.51. The van der Waals surface area contributed by atoms with E-state index >= 15 is 0 Å². The predicted octanol–water partition coefficient (Wildman–Crippen LogP) is 2.78. The minimum Gasteiger partial charge on any atom is -0.388 e. The second kappa shape index (κ2) is 4.91. The van der Waals surface area contributed by atoms with Gasteiger partial charge in [-0.1, -0.05) is 11.6 Å². The average Bonchev–Trinajstić information content (AvgIpc) is 2.64. The van der Waals surface area contributed by atoms with Crippen LogP contribution in [0.4, 0.5) is 0 Å². The predicted molar refractivity (Wildman–Crippen MR) is 64.8 cm³/mol. The van der Waals surface area contributed by atoms with Crippen molar-refractivity contribution >= 4 is 22.9 Å². The van der Waals surface area contributed by atoms with Crippen LogP contribution in [0.2, 0.25) is 5.15 Å². The van der Waals surface area contributed by atoms with Crippen LogP contribution in [0.15, 0.2) is 23.7 Å². The molecule has 1 N–H and O–H groups in total. The van der Waals surface area contributed by atoms with Crippen molar-refractivity contribution in [2.45, 2.75) is 19.4 Å². The highest BCUT2D eigenvalue weighted by molar-refractivity contribution is 7.09. The molecule has 1 atom stereocenters. The van der Waals surface area contributed by atoms with Gasteiger partial charge < -0.3 is 5.11 Å². The fourth-order valence-electron chi connectivity index (χ4n) is 1.44. The Kier molecular flexibility index (Phi) is 3.53. The third-order valence-electron chi connectivity index (χ3n) is 2.20. The molecule has 0 saturated heterocycles. The standard InChI is InChI=1S/C11H11ClN2OS/c1-7-14-9(6-16-7)5-10(15)8-2-3-13-11(12)4-8/h2-4,6,10,15H,5H2,1H3. The molecule has 3 nitrogen and oxygen atoms in total. The van der Waals surface area contributed by atoms with Gasteiger partial charge in [-0.3, -0.25) is 0 Å². The van der Waals surface area contributed by atoms with Crippen LogP contribution in [0, 0.1) is 6.92 Å². The fourth-order valence-corrected chi connectivity index (χ4v) is 2.25. The molecule has 0 amide bonds. The molecule has 5 heteroatoms. The lowest BCUT2D eigenvalue weighted by Crippen LogP contribution is -2.02. The monoisotopic (exact) mass is 254 g/mol. The van der Waals surface area contributed by atoms with Crippen molar-refractivity contribution in [2.75, 3.05) is 0 Å². The molecule has 2 heterocycles. The molecule has 0 aliphatic carbocycles. The lowest BCUT2D eigenvalue weighted by Gasteiger charge is -2.08. The Morgan fingerprint density at radius 2 is 2.38 bits per heavy atom. The first-order valence-electron chi connectivity index (χ1n) is 4.85. The SMILES string of the molecule is Cc1nc(CC(O)c2ccnc(Cl)c2)cs1. The molecule has 0 saturated carbocycles. The first kappa shape index (κ1) is 11.5.